The van der Waals surface area contributed by atoms with Gasteiger partial charge in [-0.1, -0.05) is 12.1 Å². The summed E-state index contributed by atoms with van der Waals surface area (Å²) in [6, 6.07) is 11.3. The summed E-state index contributed by atoms with van der Waals surface area (Å²) in [4.78, 5) is 12.3. The number of hydrogen-bond acceptors (Lipinski definition) is 8. The lowest BCUT2D eigenvalue weighted by Crippen LogP contribution is -2.71. The summed E-state index contributed by atoms with van der Waals surface area (Å²) in [7, 11) is 0. The average Bonchev–Trinajstić information content (AvgIpc) is 2.86. The molecule has 4 atom stereocenters. The van der Waals surface area contributed by atoms with Gasteiger partial charge in [0.2, 0.25) is 0 Å². The van der Waals surface area contributed by atoms with Crippen molar-refractivity contribution in [3.8, 4) is 17.0 Å². The molecule has 1 aromatic carbocycles. The number of para-hydroxylation sites is 1. The number of nitrogens with zero attached hydrogens (tertiary/aromatic N) is 5. The minimum atomic E-state index is 0.174. The molecule has 2 saturated carbocycles. The van der Waals surface area contributed by atoms with Crippen LogP contribution in [-0.2, 0) is 5.41 Å². The molecule has 4 heterocycles. The number of anilines is 2. The van der Waals surface area contributed by atoms with Crippen molar-refractivity contribution in [1.82, 2.24) is 25.5 Å². The smallest absolute Gasteiger partial charge is 0.169 e. The van der Waals surface area contributed by atoms with E-state index in [0.29, 0.717) is 40.7 Å². The van der Waals surface area contributed by atoms with E-state index in [2.05, 4.69) is 26.5 Å². The quantitative estimate of drug-likeness (QED) is 0.534. The van der Waals surface area contributed by atoms with Gasteiger partial charge >= 0.3 is 0 Å². The molecular formula is C27H31N7O. The van der Waals surface area contributed by atoms with E-state index in [1.54, 1.807) is 12.1 Å². The summed E-state index contributed by atoms with van der Waals surface area (Å²) in [6.45, 7) is 4.09. The number of phenols is 1. The van der Waals surface area contributed by atoms with Gasteiger partial charge < -0.3 is 21.1 Å². The van der Waals surface area contributed by atoms with Gasteiger partial charge in [-0.05, 0) is 80.8 Å². The first-order valence-corrected chi connectivity index (χ1v) is 12.8. The van der Waals surface area contributed by atoms with Gasteiger partial charge in [-0.2, -0.15) is 0 Å². The molecular weight excluding hydrogens is 438 g/mol. The van der Waals surface area contributed by atoms with Gasteiger partial charge in [-0.15, -0.1) is 10.2 Å². The third-order valence-electron chi connectivity index (χ3n) is 9.02. The standard InChI is InChI=1S/C27H31N7O/c28-25-22(11-21(32-33-25)19-3-1-2-4-23(19)35)34-14-17-12-27(13-18(15-34)24(17)27)26-30-10-7-20(31-26)16-5-8-29-9-6-16/h1-4,7,10-11,16-18,24,29,35H,5-6,8-9,12-15H2,(H2,28,33)/t17-,18+,24?,27?. The Kier molecular flexibility index (Phi) is 4.74. The molecule has 0 radical (unpaired) electrons. The van der Waals surface area contributed by atoms with E-state index in [9.17, 15) is 5.11 Å². The molecule has 8 heteroatoms. The molecule has 2 unspecified atom stereocenters. The van der Waals surface area contributed by atoms with Crippen LogP contribution in [0.4, 0.5) is 11.5 Å². The van der Waals surface area contributed by atoms with Gasteiger partial charge in [-0.25, -0.2) is 9.97 Å². The Labute approximate surface area is 205 Å². The molecule has 2 aliphatic heterocycles. The van der Waals surface area contributed by atoms with E-state index in [-0.39, 0.29) is 11.2 Å². The molecule has 0 bridgehead atoms. The molecule has 4 fully saturated rings. The summed E-state index contributed by atoms with van der Waals surface area (Å²) in [5, 5.41) is 22.2. The number of nitrogens with one attached hydrogen (secondary N) is 1. The van der Waals surface area contributed by atoms with Crippen molar-refractivity contribution in [2.75, 3.05) is 36.8 Å². The van der Waals surface area contributed by atoms with Crippen LogP contribution < -0.4 is 16.0 Å². The summed E-state index contributed by atoms with van der Waals surface area (Å²) in [5.41, 5.74) is 9.95. The molecule has 8 nitrogen and oxygen atoms in total. The van der Waals surface area contributed by atoms with Crippen molar-refractivity contribution in [3.05, 3.63) is 54.1 Å². The topological polar surface area (TPSA) is 113 Å². The lowest BCUT2D eigenvalue weighted by atomic mass is 9.37. The number of hydrogen-bond donors (Lipinski definition) is 3. The van der Waals surface area contributed by atoms with E-state index >= 15 is 0 Å². The second-order valence-electron chi connectivity index (χ2n) is 10.9. The van der Waals surface area contributed by atoms with Gasteiger partial charge in [0, 0.05) is 41.9 Å². The maximum Gasteiger partial charge on any atom is 0.169 e. The number of nitrogens with two attached hydrogens (primary N) is 1. The van der Waals surface area contributed by atoms with Crippen molar-refractivity contribution < 1.29 is 5.11 Å². The third kappa shape index (κ3) is 3.22. The molecule has 0 amide bonds. The van der Waals surface area contributed by atoms with Crippen molar-refractivity contribution in [1.29, 1.82) is 0 Å². The van der Waals surface area contributed by atoms with E-state index in [4.69, 9.17) is 15.7 Å². The molecule has 2 aliphatic carbocycles. The Bertz CT molecular complexity index is 1260. The van der Waals surface area contributed by atoms with Crippen molar-refractivity contribution in [2.45, 2.75) is 37.0 Å². The van der Waals surface area contributed by atoms with Crippen LogP contribution >= 0.6 is 0 Å². The average molecular weight is 470 g/mol. The lowest BCUT2D eigenvalue weighted by Gasteiger charge is -2.70. The Morgan fingerprint density at radius 2 is 1.80 bits per heavy atom. The fourth-order valence-electron chi connectivity index (χ4n) is 7.46. The molecule has 4 N–H and O–H groups in total. The molecule has 2 saturated heterocycles. The number of nitrogen functional groups attached to an aromatic ring is 1. The zero-order chi connectivity index (χ0) is 23.6. The Hall–Kier alpha value is -3.26. The predicted molar refractivity (Wildman–Crippen MR) is 134 cm³/mol. The van der Waals surface area contributed by atoms with Crippen LogP contribution in [-0.4, -0.2) is 51.5 Å². The Balaban J connectivity index is 1.11. The number of aromatic nitrogens is 4. The van der Waals surface area contributed by atoms with Crippen LogP contribution in [0, 0.1) is 17.8 Å². The summed E-state index contributed by atoms with van der Waals surface area (Å²) >= 11 is 0. The van der Waals surface area contributed by atoms with Crippen LogP contribution in [0.1, 0.15) is 43.1 Å². The zero-order valence-electron chi connectivity index (χ0n) is 19.8. The van der Waals surface area contributed by atoms with Crippen LogP contribution in [0.2, 0.25) is 0 Å². The van der Waals surface area contributed by atoms with Crippen molar-refractivity contribution in [3.63, 3.8) is 0 Å². The van der Waals surface area contributed by atoms with Gasteiger partial charge in [0.25, 0.3) is 0 Å². The fourth-order valence-corrected chi connectivity index (χ4v) is 7.46. The maximum absolute atomic E-state index is 10.3. The summed E-state index contributed by atoms with van der Waals surface area (Å²) in [5.74, 6) is 4.20. The molecule has 35 heavy (non-hydrogen) atoms. The molecule has 0 spiro atoms. The van der Waals surface area contributed by atoms with Crippen LogP contribution in [0.3, 0.4) is 0 Å². The fraction of sp³-hybridized carbons (Fsp3) is 0.481. The number of piperidine rings is 2. The van der Waals surface area contributed by atoms with E-state index < -0.39 is 0 Å². The number of benzene rings is 1. The highest BCUT2D eigenvalue weighted by atomic mass is 16.3. The summed E-state index contributed by atoms with van der Waals surface area (Å²) < 4.78 is 0. The van der Waals surface area contributed by atoms with Gasteiger partial charge in [0.15, 0.2) is 5.82 Å². The molecule has 3 aromatic rings. The van der Waals surface area contributed by atoms with Gasteiger partial charge in [-0.3, -0.25) is 0 Å². The minimum absolute atomic E-state index is 0.174. The first-order chi connectivity index (χ1) is 17.1. The SMILES string of the molecule is Nc1nnc(-c2ccccc2O)cc1N1C[C@@H]2CC3(c4nccc(C5CCNCC5)n4)C[C@H](C1)C23. The zero-order valence-corrected chi connectivity index (χ0v) is 19.8. The first-order valence-electron chi connectivity index (χ1n) is 12.8. The number of rotatable bonds is 4. The van der Waals surface area contributed by atoms with Gasteiger partial charge in [0.05, 0.1) is 11.4 Å². The molecule has 4 aliphatic rings. The summed E-state index contributed by atoms with van der Waals surface area (Å²) in [6.07, 6.45) is 6.61. The minimum Gasteiger partial charge on any atom is -0.507 e. The highest BCUT2D eigenvalue weighted by Gasteiger charge is 2.69. The van der Waals surface area contributed by atoms with Crippen molar-refractivity contribution in [2.24, 2.45) is 17.8 Å². The van der Waals surface area contributed by atoms with E-state index in [1.165, 1.54) is 5.69 Å². The molecule has 7 rings (SSSR count). The first kappa shape index (κ1) is 21.1. The highest BCUT2D eigenvalue weighted by molar-refractivity contribution is 5.74. The Morgan fingerprint density at radius 1 is 1.03 bits per heavy atom. The number of phenolic OH excluding ortho intramolecular Hbond substituents is 1. The largest absolute Gasteiger partial charge is 0.507 e. The highest BCUT2D eigenvalue weighted by Crippen LogP contribution is 2.69. The van der Waals surface area contributed by atoms with Crippen LogP contribution in [0.15, 0.2) is 42.6 Å². The monoisotopic (exact) mass is 469 g/mol. The predicted octanol–water partition coefficient (Wildman–Crippen LogP) is 3.10. The van der Waals surface area contributed by atoms with Gasteiger partial charge in [0.1, 0.15) is 11.6 Å². The van der Waals surface area contributed by atoms with Crippen LogP contribution in [0.5, 0.6) is 5.75 Å². The second kappa shape index (κ2) is 7.88. The van der Waals surface area contributed by atoms with E-state index in [0.717, 1.165) is 63.4 Å². The third-order valence-corrected chi connectivity index (χ3v) is 9.02. The molecule has 180 valence electrons. The van der Waals surface area contributed by atoms with Crippen LogP contribution in [0.25, 0.3) is 11.3 Å². The molecule has 2 aromatic heterocycles. The Morgan fingerprint density at radius 3 is 2.57 bits per heavy atom. The maximum atomic E-state index is 10.3. The second-order valence-corrected chi connectivity index (χ2v) is 10.9. The lowest BCUT2D eigenvalue weighted by molar-refractivity contribution is -0.137. The van der Waals surface area contributed by atoms with E-state index in [1.807, 2.05) is 24.4 Å². The number of aromatic hydroxyl groups is 1. The normalized spacial score (nSPS) is 29.7. The van der Waals surface area contributed by atoms with Crippen molar-refractivity contribution >= 4 is 11.5 Å².